The number of halogens is 1. The first kappa shape index (κ1) is 17.9. The molecular formula is C19H18FN3O2S. The van der Waals surface area contributed by atoms with E-state index in [2.05, 4.69) is 15.6 Å². The molecule has 3 rings (SSSR count). The second-order valence-electron chi connectivity index (χ2n) is 5.71. The van der Waals surface area contributed by atoms with Crippen LogP contribution in [0.3, 0.4) is 0 Å². The topological polar surface area (TPSA) is 66.2 Å². The van der Waals surface area contributed by atoms with E-state index in [-0.39, 0.29) is 11.4 Å². The number of pyridine rings is 1. The molecule has 2 aromatic carbocycles. The van der Waals surface area contributed by atoms with Crippen molar-refractivity contribution in [1.29, 1.82) is 0 Å². The van der Waals surface area contributed by atoms with Gasteiger partial charge in [-0.2, -0.15) is 0 Å². The van der Waals surface area contributed by atoms with Crippen LogP contribution in [-0.2, 0) is 6.42 Å². The number of hydrogen-bond acceptors (Lipinski definition) is 3. The molecule has 7 heteroatoms. The number of thiocarbonyl (C=S) groups is 1. The fourth-order valence-corrected chi connectivity index (χ4v) is 2.78. The van der Waals surface area contributed by atoms with Crippen molar-refractivity contribution >= 4 is 33.9 Å². The average molecular weight is 371 g/mol. The van der Waals surface area contributed by atoms with Crippen molar-refractivity contribution in [3.05, 3.63) is 70.3 Å². The van der Waals surface area contributed by atoms with Crippen LogP contribution in [0.15, 0.2) is 53.3 Å². The summed E-state index contributed by atoms with van der Waals surface area (Å²) in [5, 5.41) is 7.36. The molecule has 0 spiro atoms. The summed E-state index contributed by atoms with van der Waals surface area (Å²) in [6.45, 7) is 0.498. The lowest BCUT2D eigenvalue weighted by atomic mass is 10.1. The van der Waals surface area contributed by atoms with E-state index in [1.807, 2.05) is 18.2 Å². The lowest BCUT2D eigenvalue weighted by molar-refractivity contribution is 0.415. The van der Waals surface area contributed by atoms with Gasteiger partial charge in [-0.1, -0.05) is 0 Å². The quantitative estimate of drug-likeness (QED) is 0.601. The minimum Gasteiger partial charge on any atom is -0.497 e. The Bertz CT molecular complexity index is 986. The van der Waals surface area contributed by atoms with E-state index in [0.717, 1.165) is 10.9 Å². The van der Waals surface area contributed by atoms with Crippen LogP contribution >= 0.6 is 12.2 Å². The largest absolute Gasteiger partial charge is 0.497 e. The predicted molar refractivity (Wildman–Crippen MR) is 105 cm³/mol. The zero-order valence-corrected chi connectivity index (χ0v) is 15.0. The number of aromatic nitrogens is 1. The first-order valence-electron chi connectivity index (χ1n) is 8.05. The van der Waals surface area contributed by atoms with Crippen LogP contribution in [0.25, 0.3) is 10.9 Å². The molecule has 1 heterocycles. The molecule has 0 unspecified atom stereocenters. The van der Waals surface area contributed by atoms with Gasteiger partial charge in [0.15, 0.2) is 5.11 Å². The van der Waals surface area contributed by atoms with Crippen LogP contribution in [0.5, 0.6) is 5.75 Å². The fraction of sp³-hybridized carbons (Fsp3) is 0.158. The Morgan fingerprint density at radius 3 is 2.69 bits per heavy atom. The van der Waals surface area contributed by atoms with Crippen molar-refractivity contribution in [2.45, 2.75) is 6.42 Å². The molecule has 0 aliphatic heterocycles. The van der Waals surface area contributed by atoms with Crippen molar-refractivity contribution in [1.82, 2.24) is 10.3 Å². The van der Waals surface area contributed by atoms with Crippen LogP contribution in [0, 0.1) is 5.82 Å². The Kier molecular flexibility index (Phi) is 5.48. The van der Waals surface area contributed by atoms with Gasteiger partial charge in [0.25, 0.3) is 5.56 Å². The maximum absolute atomic E-state index is 12.9. The van der Waals surface area contributed by atoms with Gasteiger partial charge in [0.05, 0.1) is 12.6 Å². The van der Waals surface area contributed by atoms with Gasteiger partial charge in [0, 0.05) is 23.9 Å². The first-order chi connectivity index (χ1) is 12.5. The zero-order chi connectivity index (χ0) is 18.5. The number of aromatic amines is 1. The molecule has 0 amide bonds. The summed E-state index contributed by atoms with van der Waals surface area (Å²) in [5.41, 5.74) is 1.96. The number of fused-ring (bicyclic) bond motifs is 1. The third kappa shape index (κ3) is 4.37. The van der Waals surface area contributed by atoms with Gasteiger partial charge in [-0.3, -0.25) is 4.79 Å². The molecule has 5 nitrogen and oxygen atoms in total. The van der Waals surface area contributed by atoms with Gasteiger partial charge < -0.3 is 20.4 Å². The Morgan fingerprint density at radius 1 is 1.19 bits per heavy atom. The summed E-state index contributed by atoms with van der Waals surface area (Å²) in [6, 6.07) is 13.3. The monoisotopic (exact) mass is 371 g/mol. The molecule has 0 aliphatic rings. The lowest BCUT2D eigenvalue weighted by Crippen LogP contribution is -2.31. The summed E-state index contributed by atoms with van der Waals surface area (Å²) < 4.78 is 18.1. The molecule has 3 N–H and O–H groups in total. The van der Waals surface area contributed by atoms with E-state index < -0.39 is 0 Å². The molecule has 26 heavy (non-hydrogen) atoms. The van der Waals surface area contributed by atoms with Crippen LogP contribution < -0.4 is 20.9 Å². The van der Waals surface area contributed by atoms with E-state index in [1.165, 1.54) is 12.1 Å². The highest BCUT2D eigenvalue weighted by Gasteiger charge is 2.05. The molecule has 134 valence electrons. The highest BCUT2D eigenvalue weighted by Crippen LogP contribution is 2.18. The third-order valence-electron chi connectivity index (χ3n) is 3.91. The number of H-pyrrole nitrogens is 1. The normalized spacial score (nSPS) is 10.5. The minimum atomic E-state index is -0.303. The molecule has 0 atom stereocenters. The predicted octanol–water partition coefficient (Wildman–Crippen LogP) is 3.20. The molecule has 0 fully saturated rings. The van der Waals surface area contributed by atoms with Gasteiger partial charge in [-0.05, 0) is 66.5 Å². The molecule has 0 saturated heterocycles. The lowest BCUT2D eigenvalue weighted by Gasteiger charge is -2.10. The van der Waals surface area contributed by atoms with Gasteiger partial charge in [-0.25, -0.2) is 4.39 Å². The highest BCUT2D eigenvalue weighted by atomic mass is 32.1. The van der Waals surface area contributed by atoms with E-state index in [1.54, 1.807) is 25.3 Å². The third-order valence-corrected chi connectivity index (χ3v) is 4.16. The Hall–Kier alpha value is -2.93. The first-order valence-corrected chi connectivity index (χ1v) is 8.46. The van der Waals surface area contributed by atoms with Gasteiger partial charge in [-0.15, -0.1) is 0 Å². The number of methoxy groups -OCH3 is 1. The minimum absolute atomic E-state index is 0.134. The summed E-state index contributed by atoms with van der Waals surface area (Å²) in [5.74, 6) is 0.391. The molecule has 3 aromatic rings. The molecule has 0 bridgehead atoms. The second-order valence-corrected chi connectivity index (χ2v) is 6.12. The number of nitrogens with one attached hydrogen (secondary N) is 3. The molecule has 0 saturated carbocycles. The van der Waals surface area contributed by atoms with E-state index in [9.17, 15) is 9.18 Å². The van der Waals surface area contributed by atoms with Crippen LogP contribution in [-0.4, -0.2) is 23.8 Å². The van der Waals surface area contributed by atoms with Crippen molar-refractivity contribution in [2.75, 3.05) is 19.0 Å². The summed E-state index contributed by atoms with van der Waals surface area (Å²) in [7, 11) is 1.59. The van der Waals surface area contributed by atoms with E-state index in [0.29, 0.717) is 35.1 Å². The summed E-state index contributed by atoms with van der Waals surface area (Å²) in [4.78, 5) is 15.1. The van der Waals surface area contributed by atoms with Crippen LogP contribution in [0.1, 0.15) is 5.56 Å². The second kappa shape index (κ2) is 7.97. The maximum atomic E-state index is 12.9. The summed E-state index contributed by atoms with van der Waals surface area (Å²) in [6.07, 6.45) is 0.516. The SMILES string of the molecule is COc1ccc2cc(CCNC(=S)Nc3ccc(F)cc3)c(=O)[nH]c2c1. The van der Waals surface area contributed by atoms with Crippen molar-refractivity contribution in [2.24, 2.45) is 0 Å². The Labute approximate surface area is 155 Å². The fourth-order valence-electron chi connectivity index (χ4n) is 2.56. The van der Waals surface area contributed by atoms with Gasteiger partial charge in [0.2, 0.25) is 0 Å². The highest BCUT2D eigenvalue weighted by molar-refractivity contribution is 7.80. The number of hydrogen-bond donors (Lipinski definition) is 3. The Morgan fingerprint density at radius 2 is 1.96 bits per heavy atom. The number of ether oxygens (including phenoxy) is 1. The number of rotatable bonds is 5. The van der Waals surface area contributed by atoms with Crippen LogP contribution in [0.4, 0.5) is 10.1 Å². The Balaban J connectivity index is 1.60. The zero-order valence-electron chi connectivity index (χ0n) is 14.1. The number of anilines is 1. The molecular weight excluding hydrogens is 353 g/mol. The molecule has 0 aliphatic carbocycles. The van der Waals surface area contributed by atoms with Crippen molar-refractivity contribution < 1.29 is 9.13 Å². The van der Waals surface area contributed by atoms with E-state index in [4.69, 9.17) is 17.0 Å². The smallest absolute Gasteiger partial charge is 0.251 e. The maximum Gasteiger partial charge on any atom is 0.251 e. The summed E-state index contributed by atoms with van der Waals surface area (Å²) >= 11 is 5.21. The van der Waals surface area contributed by atoms with E-state index >= 15 is 0 Å². The average Bonchev–Trinajstić information content (AvgIpc) is 2.63. The number of benzene rings is 2. The van der Waals surface area contributed by atoms with Crippen molar-refractivity contribution in [3.63, 3.8) is 0 Å². The standard InChI is InChI=1S/C19H18FN3O2S/c1-25-16-7-2-12-10-13(18(24)23-17(12)11-16)8-9-21-19(26)22-15-5-3-14(20)4-6-15/h2-7,10-11H,8-9H2,1H3,(H,23,24)(H2,21,22,26). The van der Waals surface area contributed by atoms with Gasteiger partial charge >= 0.3 is 0 Å². The van der Waals surface area contributed by atoms with Crippen molar-refractivity contribution in [3.8, 4) is 5.75 Å². The molecule has 0 radical (unpaired) electrons. The van der Waals surface area contributed by atoms with Crippen LogP contribution in [0.2, 0.25) is 0 Å². The molecule has 1 aromatic heterocycles. The van der Waals surface area contributed by atoms with Gasteiger partial charge in [0.1, 0.15) is 11.6 Å².